The molecule has 0 aromatic carbocycles. The van der Waals surface area contributed by atoms with Crippen LogP contribution < -0.4 is 0 Å². The molecule has 16 heavy (non-hydrogen) atoms. The summed E-state index contributed by atoms with van der Waals surface area (Å²) in [6.07, 6.45) is 5.49. The maximum atomic E-state index is 11.8. The quantitative estimate of drug-likeness (QED) is 0.638. The van der Waals surface area contributed by atoms with Crippen molar-refractivity contribution in [1.82, 2.24) is 0 Å². The predicted octanol–water partition coefficient (Wildman–Crippen LogP) is 2.81. The van der Waals surface area contributed by atoms with E-state index in [-0.39, 0.29) is 5.92 Å². The van der Waals surface area contributed by atoms with Gasteiger partial charge >= 0.3 is 5.97 Å². The second-order valence-electron chi connectivity index (χ2n) is 4.50. The van der Waals surface area contributed by atoms with E-state index in [9.17, 15) is 9.00 Å². The molecule has 3 nitrogen and oxygen atoms in total. The highest BCUT2D eigenvalue weighted by Gasteiger charge is 2.27. The van der Waals surface area contributed by atoms with Crippen LogP contribution in [0.15, 0.2) is 0 Å². The van der Waals surface area contributed by atoms with Gasteiger partial charge in [-0.25, -0.2) is 0 Å². The molecule has 0 saturated heterocycles. The Morgan fingerprint density at radius 2 is 1.75 bits per heavy atom. The van der Waals surface area contributed by atoms with Crippen molar-refractivity contribution in [2.75, 3.05) is 5.75 Å². The zero-order valence-corrected chi connectivity index (χ0v) is 11.4. The van der Waals surface area contributed by atoms with Crippen LogP contribution in [0, 0.1) is 5.92 Å². The SMILES string of the molecule is CCCCCCCS(=O)C(C(=O)O)C(C)C. The van der Waals surface area contributed by atoms with Gasteiger partial charge in [-0.15, -0.1) is 0 Å². The van der Waals surface area contributed by atoms with Crippen LogP contribution >= 0.6 is 0 Å². The molecule has 0 radical (unpaired) electrons. The van der Waals surface area contributed by atoms with E-state index < -0.39 is 22.0 Å². The van der Waals surface area contributed by atoms with Crippen LogP contribution in [0.25, 0.3) is 0 Å². The van der Waals surface area contributed by atoms with Crippen molar-refractivity contribution >= 4 is 16.8 Å². The van der Waals surface area contributed by atoms with E-state index in [2.05, 4.69) is 6.92 Å². The van der Waals surface area contributed by atoms with E-state index in [1.807, 2.05) is 13.8 Å². The highest BCUT2D eigenvalue weighted by molar-refractivity contribution is 7.86. The Balaban J connectivity index is 3.89. The minimum Gasteiger partial charge on any atom is -0.480 e. The molecule has 0 aliphatic rings. The Kier molecular flexibility index (Phi) is 8.53. The summed E-state index contributed by atoms with van der Waals surface area (Å²) in [6.45, 7) is 5.78. The van der Waals surface area contributed by atoms with Crippen molar-refractivity contribution in [1.29, 1.82) is 0 Å². The molecule has 2 unspecified atom stereocenters. The van der Waals surface area contributed by atoms with Crippen LogP contribution in [0.5, 0.6) is 0 Å². The molecule has 0 fully saturated rings. The molecule has 0 aliphatic carbocycles. The number of hydrogen-bond acceptors (Lipinski definition) is 2. The maximum Gasteiger partial charge on any atom is 0.319 e. The van der Waals surface area contributed by atoms with Gasteiger partial charge in [0.1, 0.15) is 5.25 Å². The zero-order chi connectivity index (χ0) is 12.6. The molecule has 0 saturated carbocycles. The molecule has 1 N–H and O–H groups in total. The summed E-state index contributed by atoms with van der Waals surface area (Å²) < 4.78 is 11.8. The summed E-state index contributed by atoms with van der Waals surface area (Å²) in [6, 6.07) is 0. The van der Waals surface area contributed by atoms with E-state index in [0.717, 1.165) is 19.3 Å². The van der Waals surface area contributed by atoms with E-state index in [1.165, 1.54) is 12.8 Å². The second kappa shape index (κ2) is 8.74. The number of aliphatic carboxylic acids is 1. The minimum absolute atomic E-state index is 0.0611. The highest BCUT2D eigenvalue weighted by Crippen LogP contribution is 2.12. The molecule has 0 aromatic rings. The summed E-state index contributed by atoms with van der Waals surface area (Å²) in [5.41, 5.74) is 0. The number of carbonyl (C=O) groups is 1. The number of carboxylic acid groups (broad SMARTS) is 1. The monoisotopic (exact) mass is 248 g/mol. The summed E-state index contributed by atoms with van der Waals surface area (Å²) in [5.74, 6) is -0.463. The Bertz CT molecular complexity index is 226. The molecule has 2 atom stereocenters. The molecular formula is C12H24O3S. The summed E-state index contributed by atoms with van der Waals surface area (Å²) >= 11 is 0. The van der Waals surface area contributed by atoms with Crippen molar-refractivity contribution in [2.24, 2.45) is 5.92 Å². The molecule has 4 heteroatoms. The molecule has 0 spiro atoms. The third kappa shape index (κ3) is 6.26. The summed E-state index contributed by atoms with van der Waals surface area (Å²) in [5, 5.41) is 8.26. The van der Waals surface area contributed by atoms with Crippen molar-refractivity contribution in [2.45, 2.75) is 58.1 Å². The molecule has 96 valence electrons. The number of rotatable bonds is 9. The Morgan fingerprint density at radius 3 is 2.19 bits per heavy atom. The lowest BCUT2D eigenvalue weighted by molar-refractivity contribution is -0.137. The molecule has 0 bridgehead atoms. The summed E-state index contributed by atoms with van der Waals surface area (Å²) in [4.78, 5) is 10.9. The van der Waals surface area contributed by atoms with Gasteiger partial charge in [-0.05, 0) is 12.3 Å². The molecule has 0 aromatic heterocycles. The van der Waals surface area contributed by atoms with Crippen LogP contribution in [-0.4, -0.2) is 26.3 Å². The van der Waals surface area contributed by atoms with Gasteiger partial charge in [0, 0.05) is 16.6 Å². The Labute approximate surface area is 101 Å². The fraction of sp³-hybridized carbons (Fsp3) is 0.917. The van der Waals surface area contributed by atoms with Crippen molar-refractivity contribution in [3.05, 3.63) is 0 Å². The predicted molar refractivity (Wildman–Crippen MR) is 68.0 cm³/mol. The minimum atomic E-state index is -1.22. The lowest BCUT2D eigenvalue weighted by Crippen LogP contribution is -2.32. The van der Waals surface area contributed by atoms with Gasteiger partial charge in [0.2, 0.25) is 0 Å². The highest BCUT2D eigenvalue weighted by atomic mass is 32.2. The van der Waals surface area contributed by atoms with Gasteiger partial charge in [-0.2, -0.15) is 0 Å². The lowest BCUT2D eigenvalue weighted by Gasteiger charge is -2.15. The summed E-state index contributed by atoms with van der Waals surface area (Å²) in [7, 11) is -1.22. The third-order valence-electron chi connectivity index (χ3n) is 2.58. The molecule has 0 rings (SSSR count). The van der Waals surface area contributed by atoms with E-state index >= 15 is 0 Å². The first-order valence-electron chi connectivity index (χ1n) is 6.10. The topological polar surface area (TPSA) is 54.4 Å². The van der Waals surface area contributed by atoms with E-state index in [1.54, 1.807) is 0 Å². The van der Waals surface area contributed by atoms with Gasteiger partial charge < -0.3 is 5.11 Å². The second-order valence-corrected chi connectivity index (χ2v) is 6.18. The fourth-order valence-electron chi connectivity index (χ4n) is 1.68. The Morgan fingerprint density at radius 1 is 1.19 bits per heavy atom. The third-order valence-corrected chi connectivity index (χ3v) is 4.58. The van der Waals surface area contributed by atoms with E-state index in [4.69, 9.17) is 5.11 Å². The molecule has 0 amide bonds. The first-order chi connectivity index (χ1) is 7.50. The largest absolute Gasteiger partial charge is 0.480 e. The zero-order valence-electron chi connectivity index (χ0n) is 10.6. The maximum absolute atomic E-state index is 11.8. The van der Waals surface area contributed by atoms with Gasteiger partial charge in [-0.1, -0.05) is 46.5 Å². The first-order valence-corrected chi connectivity index (χ1v) is 7.48. The lowest BCUT2D eigenvalue weighted by atomic mass is 10.1. The number of unbranched alkanes of at least 4 members (excludes halogenated alkanes) is 4. The van der Waals surface area contributed by atoms with Gasteiger partial charge in [0.25, 0.3) is 0 Å². The fourth-order valence-corrected chi connectivity index (χ4v) is 3.25. The first kappa shape index (κ1) is 15.6. The van der Waals surface area contributed by atoms with Crippen LogP contribution in [0.1, 0.15) is 52.9 Å². The molecular weight excluding hydrogens is 224 g/mol. The van der Waals surface area contributed by atoms with Crippen molar-refractivity contribution in [3.8, 4) is 0 Å². The average Bonchev–Trinajstić information content (AvgIpc) is 2.16. The van der Waals surface area contributed by atoms with Crippen molar-refractivity contribution < 1.29 is 14.1 Å². The molecule has 0 aliphatic heterocycles. The van der Waals surface area contributed by atoms with Crippen LogP contribution in [-0.2, 0) is 15.6 Å². The van der Waals surface area contributed by atoms with Gasteiger partial charge in [0.15, 0.2) is 0 Å². The molecule has 0 heterocycles. The van der Waals surface area contributed by atoms with Crippen LogP contribution in [0.2, 0.25) is 0 Å². The smallest absolute Gasteiger partial charge is 0.319 e. The number of hydrogen-bond donors (Lipinski definition) is 1. The standard InChI is InChI=1S/C12H24O3S/c1-4-5-6-7-8-9-16(15)11(10(2)3)12(13)14/h10-11H,4-9H2,1-3H3,(H,13,14). The van der Waals surface area contributed by atoms with Gasteiger partial charge in [-0.3, -0.25) is 9.00 Å². The van der Waals surface area contributed by atoms with Gasteiger partial charge in [0.05, 0.1) is 0 Å². The van der Waals surface area contributed by atoms with Crippen LogP contribution in [0.4, 0.5) is 0 Å². The normalized spacial score (nSPS) is 15.0. The Hall–Kier alpha value is -0.380. The number of carboxylic acids is 1. The van der Waals surface area contributed by atoms with E-state index in [0.29, 0.717) is 5.75 Å². The van der Waals surface area contributed by atoms with Crippen molar-refractivity contribution in [3.63, 3.8) is 0 Å². The average molecular weight is 248 g/mol. The van der Waals surface area contributed by atoms with Crippen LogP contribution in [0.3, 0.4) is 0 Å².